The Morgan fingerprint density at radius 2 is 1.67 bits per heavy atom. The fraction of sp³-hybridized carbons (Fsp3) is 0.105. The predicted molar refractivity (Wildman–Crippen MR) is 92.7 cm³/mol. The summed E-state index contributed by atoms with van der Waals surface area (Å²) >= 11 is 0. The highest BCUT2D eigenvalue weighted by atomic mass is 16.5. The number of benzene rings is 2. The third-order valence-electron chi connectivity index (χ3n) is 4.04. The van der Waals surface area contributed by atoms with Gasteiger partial charge in [0.2, 0.25) is 11.8 Å². The minimum Gasteiger partial charge on any atom is -0.618 e. The van der Waals surface area contributed by atoms with E-state index < -0.39 is 0 Å². The van der Waals surface area contributed by atoms with E-state index in [1.807, 2.05) is 68.4 Å². The number of aromatic nitrogens is 4. The molecule has 2 aromatic carbocycles. The van der Waals surface area contributed by atoms with Crippen LogP contribution >= 0.6 is 0 Å². The van der Waals surface area contributed by atoms with E-state index >= 15 is 0 Å². The van der Waals surface area contributed by atoms with Crippen molar-refractivity contribution in [3.05, 3.63) is 77.3 Å². The summed E-state index contributed by atoms with van der Waals surface area (Å²) in [5.41, 5.74) is 5.30. The number of aryl methyl sites for hydroxylation is 2. The molecule has 0 atom stereocenters. The summed E-state index contributed by atoms with van der Waals surface area (Å²) in [5, 5.41) is 17.0. The lowest BCUT2D eigenvalue weighted by molar-refractivity contribution is -0.577. The lowest BCUT2D eigenvalue weighted by Crippen LogP contribution is -2.27. The highest BCUT2D eigenvalue weighted by Crippen LogP contribution is 2.22. The predicted octanol–water partition coefficient (Wildman–Crippen LogP) is 3.34. The lowest BCUT2D eigenvalue weighted by Gasteiger charge is -2.05. The Morgan fingerprint density at radius 1 is 0.958 bits per heavy atom. The molecule has 5 nitrogen and oxygen atoms in total. The van der Waals surface area contributed by atoms with E-state index in [1.165, 1.54) is 11.8 Å². The molecule has 0 amide bonds. The molecule has 24 heavy (non-hydrogen) atoms. The van der Waals surface area contributed by atoms with Crippen molar-refractivity contribution in [2.24, 2.45) is 0 Å². The average molecular weight is 316 g/mol. The standard InChI is InChI=1S/C19H16N4O/c1-13-8-10-15(11-9-13)17-12-22(24)18-14(2)21-23(19(18)20-17)16-6-4-3-5-7-16/h3-12H,1-2H3. The fourth-order valence-electron chi connectivity index (χ4n) is 2.80. The summed E-state index contributed by atoms with van der Waals surface area (Å²) in [7, 11) is 0. The van der Waals surface area contributed by atoms with Gasteiger partial charge in [-0.2, -0.15) is 9.83 Å². The van der Waals surface area contributed by atoms with Crippen molar-refractivity contribution in [1.82, 2.24) is 14.8 Å². The van der Waals surface area contributed by atoms with Gasteiger partial charge in [-0.15, -0.1) is 0 Å². The first-order chi connectivity index (χ1) is 11.6. The summed E-state index contributed by atoms with van der Waals surface area (Å²) in [6, 6.07) is 17.7. The smallest absolute Gasteiger partial charge is 0.284 e. The number of nitrogens with zero attached hydrogens (tertiary/aromatic N) is 4. The zero-order chi connectivity index (χ0) is 16.7. The Balaban J connectivity index is 1.98. The van der Waals surface area contributed by atoms with Crippen molar-refractivity contribution in [3.63, 3.8) is 0 Å². The monoisotopic (exact) mass is 316 g/mol. The number of fused-ring (bicyclic) bond motifs is 1. The number of hydrogen-bond acceptors (Lipinski definition) is 3. The summed E-state index contributed by atoms with van der Waals surface area (Å²) in [4.78, 5) is 4.71. The normalized spacial score (nSPS) is 11.1. The van der Waals surface area contributed by atoms with Gasteiger partial charge in [-0.1, -0.05) is 48.0 Å². The minimum absolute atomic E-state index is 0.495. The Hall–Kier alpha value is -3.21. The molecule has 118 valence electrons. The molecule has 0 saturated heterocycles. The molecule has 0 aliphatic heterocycles. The highest BCUT2D eigenvalue weighted by Gasteiger charge is 2.20. The van der Waals surface area contributed by atoms with Gasteiger partial charge in [0.15, 0.2) is 0 Å². The topological polar surface area (TPSA) is 57.6 Å². The molecule has 4 rings (SSSR count). The van der Waals surface area contributed by atoms with E-state index in [4.69, 9.17) is 4.98 Å². The van der Waals surface area contributed by atoms with Crippen molar-refractivity contribution in [3.8, 4) is 16.9 Å². The van der Waals surface area contributed by atoms with E-state index in [9.17, 15) is 5.21 Å². The third kappa shape index (κ3) is 2.31. The first-order valence-electron chi connectivity index (χ1n) is 7.75. The molecule has 0 unspecified atom stereocenters. The van der Waals surface area contributed by atoms with E-state index in [-0.39, 0.29) is 0 Å². The largest absolute Gasteiger partial charge is 0.618 e. The minimum atomic E-state index is 0.495. The Morgan fingerprint density at radius 3 is 2.38 bits per heavy atom. The highest BCUT2D eigenvalue weighted by molar-refractivity contribution is 5.75. The molecule has 4 aromatic rings. The summed E-state index contributed by atoms with van der Waals surface area (Å²) in [5.74, 6) is 0. The first-order valence-corrected chi connectivity index (χ1v) is 7.75. The number of rotatable bonds is 2. The molecule has 2 aromatic heterocycles. The van der Waals surface area contributed by atoms with Gasteiger partial charge in [-0.05, 0) is 26.0 Å². The molecule has 0 radical (unpaired) electrons. The first kappa shape index (κ1) is 14.4. The summed E-state index contributed by atoms with van der Waals surface area (Å²) in [6.07, 6.45) is 1.51. The maximum absolute atomic E-state index is 12.5. The SMILES string of the molecule is Cc1ccc(-c2c[n+]([O-])c3c(C)nn(-c4ccccc4)c3n2)cc1. The fourth-order valence-corrected chi connectivity index (χ4v) is 2.80. The van der Waals surface area contributed by atoms with E-state index in [0.717, 1.165) is 16.0 Å². The van der Waals surface area contributed by atoms with Crippen LogP contribution in [0.1, 0.15) is 11.3 Å². The Kier molecular flexibility index (Phi) is 3.27. The van der Waals surface area contributed by atoms with Gasteiger partial charge in [-0.3, -0.25) is 0 Å². The molecule has 0 N–H and O–H groups in total. The van der Waals surface area contributed by atoms with Gasteiger partial charge >= 0.3 is 0 Å². The number of hydrogen-bond donors (Lipinski definition) is 0. The third-order valence-corrected chi connectivity index (χ3v) is 4.04. The van der Waals surface area contributed by atoms with Crippen LogP contribution in [-0.4, -0.2) is 14.8 Å². The second-order valence-electron chi connectivity index (χ2n) is 5.82. The van der Waals surface area contributed by atoms with Gasteiger partial charge in [-0.25, -0.2) is 9.67 Å². The molecule has 0 aliphatic rings. The second-order valence-corrected chi connectivity index (χ2v) is 5.82. The van der Waals surface area contributed by atoms with Gasteiger partial charge < -0.3 is 5.21 Å². The molecular weight excluding hydrogens is 300 g/mol. The van der Waals surface area contributed by atoms with Crippen LogP contribution in [0.5, 0.6) is 0 Å². The quantitative estimate of drug-likeness (QED) is 0.421. The van der Waals surface area contributed by atoms with Crippen molar-refractivity contribution >= 4 is 11.2 Å². The van der Waals surface area contributed by atoms with Crippen LogP contribution < -0.4 is 4.73 Å². The van der Waals surface area contributed by atoms with Crippen molar-refractivity contribution in [2.75, 3.05) is 0 Å². The Labute approximate surface area is 139 Å². The molecule has 0 aliphatic carbocycles. The van der Waals surface area contributed by atoms with Crippen LogP contribution in [0.2, 0.25) is 0 Å². The van der Waals surface area contributed by atoms with Crippen LogP contribution in [0.25, 0.3) is 28.1 Å². The number of para-hydroxylation sites is 1. The summed E-state index contributed by atoms with van der Waals surface area (Å²) in [6.45, 7) is 3.85. The average Bonchev–Trinajstić information content (AvgIpc) is 2.93. The van der Waals surface area contributed by atoms with Gasteiger partial charge in [0.25, 0.3) is 5.52 Å². The van der Waals surface area contributed by atoms with Gasteiger partial charge in [0.05, 0.1) is 5.69 Å². The van der Waals surface area contributed by atoms with E-state index in [1.54, 1.807) is 4.68 Å². The Bertz CT molecular complexity index is 1020. The van der Waals surface area contributed by atoms with Crippen molar-refractivity contribution in [1.29, 1.82) is 0 Å². The molecule has 0 saturated carbocycles. The second kappa shape index (κ2) is 5.45. The molecule has 2 heterocycles. The van der Waals surface area contributed by atoms with Gasteiger partial charge in [0.1, 0.15) is 11.4 Å². The van der Waals surface area contributed by atoms with Crippen LogP contribution in [0, 0.1) is 19.1 Å². The molecule has 5 heteroatoms. The molecular formula is C19H16N4O. The molecule has 0 bridgehead atoms. The zero-order valence-electron chi connectivity index (χ0n) is 13.5. The molecule has 0 fully saturated rings. The van der Waals surface area contributed by atoms with Gasteiger partial charge in [0, 0.05) is 5.56 Å². The maximum Gasteiger partial charge on any atom is 0.284 e. The maximum atomic E-state index is 12.5. The van der Waals surface area contributed by atoms with Crippen LogP contribution in [0.15, 0.2) is 60.8 Å². The van der Waals surface area contributed by atoms with Crippen molar-refractivity contribution in [2.45, 2.75) is 13.8 Å². The zero-order valence-corrected chi connectivity index (χ0v) is 13.5. The lowest BCUT2D eigenvalue weighted by atomic mass is 10.1. The summed E-state index contributed by atoms with van der Waals surface area (Å²) < 4.78 is 2.58. The van der Waals surface area contributed by atoms with Crippen LogP contribution in [0.4, 0.5) is 0 Å². The van der Waals surface area contributed by atoms with Crippen LogP contribution in [0.3, 0.4) is 0 Å². The van der Waals surface area contributed by atoms with E-state index in [0.29, 0.717) is 22.6 Å². The van der Waals surface area contributed by atoms with E-state index in [2.05, 4.69) is 5.10 Å². The molecule has 0 spiro atoms. The van der Waals surface area contributed by atoms with Crippen LogP contribution in [-0.2, 0) is 0 Å². The van der Waals surface area contributed by atoms with Crippen molar-refractivity contribution < 1.29 is 4.73 Å².